The average Bonchev–Trinajstić information content (AvgIpc) is 2.89. The van der Waals surface area contributed by atoms with Gasteiger partial charge in [-0.1, -0.05) is 0 Å². The number of amides is 1. The second-order valence-corrected chi connectivity index (χ2v) is 5.14. The summed E-state index contributed by atoms with van der Waals surface area (Å²) in [5.74, 6) is 0.574. The number of hydrogen-bond donors (Lipinski definition) is 1. The number of imidazole rings is 1. The van der Waals surface area contributed by atoms with Crippen LogP contribution < -0.4 is 0 Å². The highest BCUT2D eigenvalue weighted by atomic mass is 19.1. The first-order valence-corrected chi connectivity index (χ1v) is 6.76. The van der Waals surface area contributed by atoms with E-state index in [2.05, 4.69) is 21.8 Å². The zero-order valence-electron chi connectivity index (χ0n) is 11.3. The largest absolute Gasteiger partial charge is 0.343 e. The minimum atomic E-state index is -0.264. The Labute approximate surface area is 116 Å². The summed E-state index contributed by atoms with van der Waals surface area (Å²) in [6, 6.07) is 4.68. The van der Waals surface area contributed by atoms with Gasteiger partial charge < -0.3 is 9.88 Å². The van der Waals surface area contributed by atoms with Crippen molar-refractivity contribution in [3.8, 4) is 0 Å². The maximum atomic E-state index is 13.2. The van der Waals surface area contributed by atoms with Gasteiger partial charge in [0.2, 0.25) is 6.41 Å². The number of halogens is 1. The number of carbonyl (C=O) groups is 1. The lowest BCUT2D eigenvalue weighted by atomic mass is 10.2. The predicted octanol–water partition coefficient (Wildman–Crippen LogP) is 1.54. The summed E-state index contributed by atoms with van der Waals surface area (Å²) in [4.78, 5) is 22.5. The Morgan fingerprint density at radius 2 is 2.10 bits per heavy atom. The van der Waals surface area contributed by atoms with E-state index >= 15 is 0 Å². The molecule has 0 bridgehead atoms. The first-order chi connectivity index (χ1) is 9.67. The molecule has 5 nitrogen and oxygen atoms in total. The lowest BCUT2D eigenvalue weighted by molar-refractivity contribution is -0.120. The number of benzene rings is 1. The van der Waals surface area contributed by atoms with E-state index in [1.165, 1.54) is 12.1 Å². The molecule has 0 spiro atoms. The van der Waals surface area contributed by atoms with E-state index in [-0.39, 0.29) is 11.9 Å². The zero-order valence-corrected chi connectivity index (χ0v) is 11.3. The molecule has 0 radical (unpaired) electrons. The number of aromatic amines is 1. The average molecular weight is 276 g/mol. The summed E-state index contributed by atoms with van der Waals surface area (Å²) in [6.45, 7) is 5.20. The van der Waals surface area contributed by atoms with Gasteiger partial charge in [-0.15, -0.1) is 0 Å². The smallest absolute Gasteiger partial charge is 0.209 e. The van der Waals surface area contributed by atoms with Crippen LogP contribution in [0.25, 0.3) is 11.0 Å². The van der Waals surface area contributed by atoms with E-state index in [4.69, 9.17) is 0 Å². The van der Waals surface area contributed by atoms with Crippen molar-refractivity contribution in [2.75, 3.05) is 26.2 Å². The van der Waals surface area contributed by atoms with Crippen LogP contribution in [-0.4, -0.2) is 52.4 Å². The summed E-state index contributed by atoms with van der Waals surface area (Å²) >= 11 is 0. The normalized spacial score (nSPS) is 18.4. The SMILES string of the molecule is CC(c1nc2ccc(F)cc2[nH]1)N1CCN(C=O)CC1. The van der Waals surface area contributed by atoms with Crippen LogP contribution in [0.2, 0.25) is 0 Å². The summed E-state index contributed by atoms with van der Waals surface area (Å²) in [5, 5.41) is 0. The molecule has 1 aromatic heterocycles. The maximum Gasteiger partial charge on any atom is 0.209 e. The van der Waals surface area contributed by atoms with Crippen LogP contribution in [-0.2, 0) is 4.79 Å². The molecule has 1 unspecified atom stereocenters. The molecule has 1 N–H and O–H groups in total. The number of fused-ring (bicyclic) bond motifs is 1. The second-order valence-electron chi connectivity index (χ2n) is 5.14. The first kappa shape index (κ1) is 13.1. The Bertz CT molecular complexity index is 619. The standard InChI is InChI=1S/C14H17FN4O/c1-10(19-6-4-18(9-20)5-7-19)14-16-12-3-2-11(15)8-13(12)17-14/h2-3,8-10H,4-7H2,1H3,(H,16,17). The van der Waals surface area contributed by atoms with Crippen LogP contribution in [0.15, 0.2) is 18.2 Å². The van der Waals surface area contributed by atoms with Crippen molar-refractivity contribution < 1.29 is 9.18 Å². The topological polar surface area (TPSA) is 52.2 Å². The van der Waals surface area contributed by atoms with Crippen molar-refractivity contribution in [3.05, 3.63) is 29.8 Å². The molecular weight excluding hydrogens is 259 g/mol. The molecule has 0 saturated carbocycles. The van der Waals surface area contributed by atoms with Crippen molar-refractivity contribution >= 4 is 17.4 Å². The van der Waals surface area contributed by atoms with E-state index in [9.17, 15) is 9.18 Å². The Morgan fingerprint density at radius 3 is 2.80 bits per heavy atom. The van der Waals surface area contributed by atoms with Crippen molar-refractivity contribution in [1.82, 2.24) is 19.8 Å². The van der Waals surface area contributed by atoms with Gasteiger partial charge in [-0.2, -0.15) is 0 Å². The van der Waals surface area contributed by atoms with Crippen LogP contribution in [0.3, 0.4) is 0 Å². The molecule has 1 aliphatic rings. The first-order valence-electron chi connectivity index (χ1n) is 6.76. The van der Waals surface area contributed by atoms with Crippen molar-refractivity contribution in [2.24, 2.45) is 0 Å². The molecule has 106 valence electrons. The molecule has 20 heavy (non-hydrogen) atoms. The van der Waals surface area contributed by atoms with Crippen molar-refractivity contribution in [2.45, 2.75) is 13.0 Å². The fourth-order valence-electron chi connectivity index (χ4n) is 2.60. The Hall–Kier alpha value is -1.95. The van der Waals surface area contributed by atoms with Gasteiger partial charge in [0.15, 0.2) is 0 Å². The van der Waals surface area contributed by atoms with Crippen molar-refractivity contribution in [3.63, 3.8) is 0 Å². The monoisotopic (exact) mass is 276 g/mol. The number of carbonyl (C=O) groups excluding carboxylic acids is 1. The van der Waals surface area contributed by atoms with Gasteiger partial charge in [-0.25, -0.2) is 9.37 Å². The van der Waals surface area contributed by atoms with Gasteiger partial charge in [0, 0.05) is 26.2 Å². The fourth-order valence-corrected chi connectivity index (χ4v) is 2.60. The highest BCUT2D eigenvalue weighted by Gasteiger charge is 2.23. The highest BCUT2D eigenvalue weighted by molar-refractivity contribution is 5.75. The molecule has 2 heterocycles. The third kappa shape index (κ3) is 2.38. The third-order valence-corrected chi connectivity index (χ3v) is 3.90. The van der Waals surface area contributed by atoms with Gasteiger partial charge >= 0.3 is 0 Å². The van der Waals surface area contributed by atoms with Crippen LogP contribution >= 0.6 is 0 Å². The number of hydrogen-bond acceptors (Lipinski definition) is 3. The van der Waals surface area contributed by atoms with Crippen LogP contribution in [0.5, 0.6) is 0 Å². The molecule has 6 heteroatoms. The van der Waals surface area contributed by atoms with E-state index in [1.807, 2.05) is 0 Å². The van der Waals surface area contributed by atoms with E-state index in [0.717, 1.165) is 49.4 Å². The fraction of sp³-hybridized carbons (Fsp3) is 0.429. The van der Waals surface area contributed by atoms with Crippen LogP contribution in [0.4, 0.5) is 4.39 Å². The third-order valence-electron chi connectivity index (χ3n) is 3.90. The lowest BCUT2D eigenvalue weighted by Crippen LogP contribution is -2.46. The summed E-state index contributed by atoms with van der Waals surface area (Å²) in [7, 11) is 0. The van der Waals surface area contributed by atoms with Gasteiger partial charge in [-0.05, 0) is 25.1 Å². The molecular formula is C14H17FN4O. The summed E-state index contributed by atoms with van der Waals surface area (Å²) < 4.78 is 13.2. The number of aromatic nitrogens is 2. The quantitative estimate of drug-likeness (QED) is 0.865. The van der Waals surface area contributed by atoms with Gasteiger partial charge in [0.1, 0.15) is 11.6 Å². The van der Waals surface area contributed by atoms with E-state index in [1.54, 1.807) is 11.0 Å². The van der Waals surface area contributed by atoms with Gasteiger partial charge in [-0.3, -0.25) is 9.69 Å². The molecule has 1 aromatic carbocycles. The molecule has 1 saturated heterocycles. The van der Waals surface area contributed by atoms with Gasteiger partial charge in [0.05, 0.1) is 17.1 Å². The minimum Gasteiger partial charge on any atom is -0.343 e. The predicted molar refractivity (Wildman–Crippen MR) is 73.7 cm³/mol. The number of piperazine rings is 1. The molecule has 2 aromatic rings. The molecule has 1 amide bonds. The molecule has 1 fully saturated rings. The highest BCUT2D eigenvalue weighted by Crippen LogP contribution is 2.22. The minimum absolute atomic E-state index is 0.124. The van der Waals surface area contributed by atoms with E-state index in [0.29, 0.717) is 0 Å². The lowest BCUT2D eigenvalue weighted by Gasteiger charge is -2.35. The van der Waals surface area contributed by atoms with Gasteiger partial charge in [0.25, 0.3) is 0 Å². The van der Waals surface area contributed by atoms with Crippen molar-refractivity contribution in [1.29, 1.82) is 0 Å². The zero-order chi connectivity index (χ0) is 14.1. The van der Waals surface area contributed by atoms with Crippen LogP contribution in [0.1, 0.15) is 18.8 Å². The maximum absolute atomic E-state index is 13.2. The van der Waals surface area contributed by atoms with E-state index < -0.39 is 0 Å². The summed E-state index contributed by atoms with van der Waals surface area (Å²) in [5.41, 5.74) is 1.50. The molecule has 3 rings (SSSR count). The number of rotatable bonds is 3. The Morgan fingerprint density at radius 1 is 1.35 bits per heavy atom. The molecule has 0 aliphatic carbocycles. The number of nitrogens with one attached hydrogen (secondary N) is 1. The second kappa shape index (κ2) is 5.20. The number of nitrogens with zero attached hydrogens (tertiary/aromatic N) is 3. The van der Waals surface area contributed by atoms with Crippen LogP contribution in [0, 0.1) is 5.82 Å². The Kier molecular flexibility index (Phi) is 3.40. The Balaban J connectivity index is 1.78. The molecule has 1 aliphatic heterocycles. The molecule has 1 atom stereocenters. The summed E-state index contributed by atoms with van der Waals surface area (Å²) in [6.07, 6.45) is 0.895. The number of H-pyrrole nitrogens is 1.